The molecule has 0 aromatic carbocycles. The van der Waals surface area contributed by atoms with E-state index in [0.717, 1.165) is 0 Å². The molecule has 1 heterocycles. The Kier molecular flexibility index (Phi) is 3.06. The maximum absolute atomic E-state index is 11.2. The maximum atomic E-state index is 11.2. The fourth-order valence-electron chi connectivity index (χ4n) is 0.850. The van der Waals surface area contributed by atoms with E-state index in [4.69, 9.17) is 4.74 Å². The molecule has 4 nitrogen and oxygen atoms in total. The van der Waals surface area contributed by atoms with Crippen molar-refractivity contribution in [1.82, 2.24) is 9.55 Å². The van der Waals surface area contributed by atoms with Crippen LogP contribution in [0.4, 0.5) is 0 Å². The zero-order valence-electron chi connectivity index (χ0n) is 8.10. The zero-order valence-corrected chi connectivity index (χ0v) is 8.10. The highest BCUT2D eigenvalue weighted by molar-refractivity contribution is 5.71. The number of carbonyl (C=O) groups is 1. The fourth-order valence-corrected chi connectivity index (χ4v) is 0.850. The van der Waals surface area contributed by atoms with Crippen LogP contribution in [0.15, 0.2) is 18.7 Å². The number of imidazole rings is 1. The molecular formula is C9H14N2O2. The van der Waals surface area contributed by atoms with Crippen LogP contribution in [0.3, 0.4) is 0 Å². The van der Waals surface area contributed by atoms with Gasteiger partial charge in [-0.3, -0.25) is 4.79 Å². The second-order valence-corrected chi connectivity index (χ2v) is 3.20. The van der Waals surface area contributed by atoms with Gasteiger partial charge in [0.25, 0.3) is 0 Å². The lowest BCUT2D eigenvalue weighted by molar-refractivity contribution is -0.156. The summed E-state index contributed by atoms with van der Waals surface area (Å²) in [4.78, 5) is 15.1. The average Bonchev–Trinajstić information content (AvgIpc) is 2.55. The molecule has 0 saturated carbocycles. The van der Waals surface area contributed by atoms with Crippen LogP contribution in [-0.4, -0.2) is 15.5 Å². The molecule has 0 amide bonds. The topological polar surface area (TPSA) is 44.1 Å². The van der Waals surface area contributed by atoms with Gasteiger partial charge in [-0.2, -0.15) is 0 Å². The summed E-state index contributed by atoms with van der Waals surface area (Å²) in [6.45, 7) is 5.42. The van der Waals surface area contributed by atoms with E-state index in [9.17, 15) is 4.79 Å². The molecule has 0 saturated heterocycles. The minimum absolute atomic E-state index is 0.0917. The van der Waals surface area contributed by atoms with Crippen molar-refractivity contribution in [2.24, 2.45) is 5.92 Å². The van der Waals surface area contributed by atoms with Gasteiger partial charge < -0.3 is 9.30 Å². The molecule has 0 aliphatic carbocycles. The first-order chi connectivity index (χ1) is 6.11. The Morgan fingerprint density at radius 1 is 1.46 bits per heavy atom. The molecule has 0 bridgehead atoms. The van der Waals surface area contributed by atoms with E-state index in [0.29, 0.717) is 0 Å². The molecule has 0 spiro atoms. The maximum Gasteiger partial charge on any atom is 0.310 e. The standard InChI is InChI=1S/C9H14N2O2/c1-7(2)9(12)13-8(3)11-5-4-10-6-11/h4-8H,1-3H3. The van der Waals surface area contributed by atoms with Gasteiger partial charge in [0.1, 0.15) is 0 Å². The summed E-state index contributed by atoms with van der Waals surface area (Å²) in [7, 11) is 0. The van der Waals surface area contributed by atoms with Crippen LogP contribution in [0.1, 0.15) is 27.0 Å². The van der Waals surface area contributed by atoms with Gasteiger partial charge in [-0.05, 0) is 6.92 Å². The lowest BCUT2D eigenvalue weighted by Crippen LogP contribution is -2.17. The number of nitrogens with zero attached hydrogens (tertiary/aromatic N) is 2. The summed E-state index contributed by atoms with van der Waals surface area (Å²) in [6, 6.07) is 0. The summed E-state index contributed by atoms with van der Waals surface area (Å²) >= 11 is 0. The Morgan fingerprint density at radius 2 is 2.15 bits per heavy atom. The Bertz CT molecular complexity index is 267. The highest BCUT2D eigenvalue weighted by Gasteiger charge is 2.13. The molecule has 0 fully saturated rings. The first kappa shape index (κ1) is 9.77. The third-order valence-corrected chi connectivity index (χ3v) is 1.70. The van der Waals surface area contributed by atoms with Crippen LogP contribution >= 0.6 is 0 Å². The third-order valence-electron chi connectivity index (χ3n) is 1.70. The molecule has 1 aromatic heterocycles. The van der Waals surface area contributed by atoms with E-state index < -0.39 is 0 Å². The van der Waals surface area contributed by atoms with Crippen molar-refractivity contribution in [3.63, 3.8) is 0 Å². The highest BCUT2D eigenvalue weighted by atomic mass is 16.6. The van der Waals surface area contributed by atoms with Gasteiger partial charge in [-0.25, -0.2) is 4.98 Å². The predicted molar refractivity (Wildman–Crippen MR) is 47.9 cm³/mol. The zero-order chi connectivity index (χ0) is 9.84. The Hall–Kier alpha value is -1.32. The van der Waals surface area contributed by atoms with Gasteiger partial charge in [-0.15, -0.1) is 0 Å². The van der Waals surface area contributed by atoms with E-state index in [-0.39, 0.29) is 18.1 Å². The molecule has 1 atom stereocenters. The summed E-state index contributed by atoms with van der Waals surface area (Å²) < 4.78 is 6.88. The van der Waals surface area contributed by atoms with Gasteiger partial charge in [0, 0.05) is 12.4 Å². The minimum Gasteiger partial charge on any atom is -0.441 e. The molecule has 13 heavy (non-hydrogen) atoms. The molecule has 0 aliphatic rings. The molecule has 1 aromatic rings. The quantitative estimate of drug-likeness (QED) is 0.667. The molecule has 0 aliphatic heterocycles. The van der Waals surface area contributed by atoms with Crippen molar-refractivity contribution < 1.29 is 9.53 Å². The largest absolute Gasteiger partial charge is 0.441 e. The lowest BCUT2D eigenvalue weighted by Gasteiger charge is -2.15. The number of aromatic nitrogens is 2. The normalized spacial score (nSPS) is 12.9. The first-order valence-corrected chi connectivity index (χ1v) is 4.29. The molecule has 72 valence electrons. The van der Waals surface area contributed by atoms with Crippen molar-refractivity contribution in [3.05, 3.63) is 18.7 Å². The lowest BCUT2D eigenvalue weighted by atomic mass is 10.2. The fraction of sp³-hybridized carbons (Fsp3) is 0.556. The number of hydrogen-bond donors (Lipinski definition) is 0. The number of rotatable bonds is 3. The van der Waals surface area contributed by atoms with Gasteiger partial charge in [0.2, 0.25) is 0 Å². The highest BCUT2D eigenvalue weighted by Crippen LogP contribution is 2.09. The van der Waals surface area contributed by atoms with Crippen LogP contribution in [0.5, 0.6) is 0 Å². The van der Waals surface area contributed by atoms with Crippen LogP contribution in [0.2, 0.25) is 0 Å². The first-order valence-electron chi connectivity index (χ1n) is 4.29. The van der Waals surface area contributed by atoms with Gasteiger partial charge in [-0.1, -0.05) is 13.8 Å². The van der Waals surface area contributed by atoms with Crippen molar-refractivity contribution >= 4 is 5.97 Å². The number of hydrogen-bond acceptors (Lipinski definition) is 3. The molecule has 1 rings (SSSR count). The van der Waals surface area contributed by atoms with Crippen molar-refractivity contribution in [2.45, 2.75) is 27.0 Å². The molecule has 0 N–H and O–H groups in total. The van der Waals surface area contributed by atoms with E-state index in [1.54, 1.807) is 23.3 Å². The second kappa shape index (κ2) is 4.07. The second-order valence-electron chi connectivity index (χ2n) is 3.20. The number of esters is 1. The smallest absolute Gasteiger partial charge is 0.310 e. The summed E-state index contributed by atoms with van der Waals surface area (Å²) in [5, 5.41) is 0. The van der Waals surface area contributed by atoms with Gasteiger partial charge in [0.15, 0.2) is 6.23 Å². The molecule has 0 radical (unpaired) electrons. The monoisotopic (exact) mass is 182 g/mol. The van der Waals surface area contributed by atoms with Crippen LogP contribution in [0.25, 0.3) is 0 Å². The van der Waals surface area contributed by atoms with Gasteiger partial charge in [0.05, 0.1) is 12.2 Å². The minimum atomic E-state index is -0.280. The van der Waals surface area contributed by atoms with Crippen molar-refractivity contribution in [1.29, 1.82) is 0 Å². The number of ether oxygens (including phenoxy) is 1. The Labute approximate surface area is 77.5 Å². The van der Waals surface area contributed by atoms with E-state index in [1.165, 1.54) is 0 Å². The Balaban J connectivity index is 2.51. The predicted octanol–water partition coefficient (Wildman–Crippen LogP) is 1.60. The summed E-state index contributed by atoms with van der Waals surface area (Å²) in [5.74, 6) is -0.285. The van der Waals surface area contributed by atoms with Crippen LogP contribution in [-0.2, 0) is 9.53 Å². The van der Waals surface area contributed by atoms with E-state index in [1.807, 2.05) is 20.8 Å². The van der Waals surface area contributed by atoms with Crippen molar-refractivity contribution in [2.75, 3.05) is 0 Å². The SMILES string of the molecule is CC(C)C(=O)OC(C)n1ccnc1. The average molecular weight is 182 g/mol. The van der Waals surface area contributed by atoms with Crippen molar-refractivity contribution in [3.8, 4) is 0 Å². The van der Waals surface area contributed by atoms with Crippen LogP contribution in [0, 0.1) is 5.92 Å². The van der Waals surface area contributed by atoms with E-state index >= 15 is 0 Å². The molecule has 4 heteroatoms. The molecular weight excluding hydrogens is 168 g/mol. The van der Waals surface area contributed by atoms with Gasteiger partial charge >= 0.3 is 5.97 Å². The Morgan fingerprint density at radius 3 is 2.62 bits per heavy atom. The molecule has 1 unspecified atom stereocenters. The number of carbonyl (C=O) groups excluding carboxylic acids is 1. The summed E-state index contributed by atoms with van der Waals surface area (Å²) in [6.07, 6.45) is 4.76. The van der Waals surface area contributed by atoms with Crippen LogP contribution < -0.4 is 0 Å². The summed E-state index contributed by atoms with van der Waals surface area (Å²) in [5.41, 5.74) is 0. The third kappa shape index (κ3) is 2.57. The van der Waals surface area contributed by atoms with E-state index in [2.05, 4.69) is 4.98 Å².